The van der Waals surface area contributed by atoms with Gasteiger partial charge in [0.25, 0.3) is 0 Å². The number of hydrogen-bond donors (Lipinski definition) is 0. The first kappa shape index (κ1) is 16.7. The highest BCUT2D eigenvalue weighted by Crippen LogP contribution is 2.25. The zero-order valence-electron chi connectivity index (χ0n) is 15.2. The van der Waals surface area contributed by atoms with Gasteiger partial charge in [0.15, 0.2) is 5.82 Å². The molecule has 0 saturated heterocycles. The largest absolute Gasteiger partial charge is 0.374 e. The summed E-state index contributed by atoms with van der Waals surface area (Å²) in [5.41, 5.74) is 4.62. The van der Waals surface area contributed by atoms with Crippen LogP contribution >= 0.6 is 0 Å². The van der Waals surface area contributed by atoms with E-state index in [9.17, 15) is 0 Å². The molecule has 0 unspecified atom stereocenters. The van der Waals surface area contributed by atoms with E-state index in [1.54, 1.807) is 0 Å². The van der Waals surface area contributed by atoms with E-state index < -0.39 is 0 Å². The number of aryl methyl sites for hydroxylation is 1. The lowest BCUT2D eigenvalue weighted by Crippen LogP contribution is -2.32. The van der Waals surface area contributed by atoms with Crippen molar-refractivity contribution in [3.05, 3.63) is 65.4 Å². The minimum atomic E-state index is 0.455. The number of nitrogens with zero attached hydrogens (tertiary/aromatic N) is 5. The third kappa shape index (κ3) is 3.32. The molecule has 0 radical (unpaired) electrons. The Labute approximate surface area is 153 Å². The number of aromatic nitrogens is 4. The fourth-order valence-corrected chi connectivity index (χ4v) is 3.35. The quantitative estimate of drug-likeness (QED) is 0.708. The molecule has 1 aliphatic rings. The summed E-state index contributed by atoms with van der Waals surface area (Å²) in [6.45, 7) is 6.83. The average Bonchev–Trinajstić information content (AvgIpc) is 3.10. The van der Waals surface area contributed by atoms with Gasteiger partial charge in [-0.25, -0.2) is 14.6 Å². The molecular weight excluding hydrogens is 326 g/mol. The van der Waals surface area contributed by atoms with Crippen molar-refractivity contribution in [1.82, 2.24) is 19.7 Å². The van der Waals surface area contributed by atoms with E-state index in [2.05, 4.69) is 31.8 Å². The van der Waals surface area contributed by atoms with Gasteiger partial charge in [-0.2, -0.15) is 5.10 Å². The van der Waals surface area contributed by atoms with Crippen molar-refractivity contribution >= 4 is 5.82 Å². The first-order valence-corrected chi connectivity index (χ1v) is 9.03. The highest BCUT2D eigenvalue weighted by Gasteiger charge is 2.22. The van der Waals surface area contributed by atoms with Crippen LogP contribution in [0.4, 0.5) is 5.82 Å². The first-order chi connectivity index (χ1) is 12.7. The summed E-state index contributed by atoms with van der Waals surface area (Å²) in [5.74, 6) is 1.71. The van der Waals surface area contributed by atoms with E-state index in [-0.39, 0.29) is 0 Å². The monoisotopic (exact) mass is 349 g/mol. The van der Waals surface area contributed by atoms with E-state index in [0.717, 1.165) is 42.5 Å². The van der Waals surface area contributed by atoms with Crippen LogP contribution in [0.5, 0.6) is 0 Å². The molecule has 134 valence electrons. The van der Waals surface area contributed by atoms with Crippen molar-refractivity contribution < 1.29 is 4.74 Å². The van der Waals surface area contributed by atoms with Crippen LogP contribution in [0.3, 0.4) is 0 Å². The fourth-order valence-electron chi connectivity index (χ4n) is 3.35. The Hall–Kier alpha value is -2.73. The Morgan fingerprint density at radius 3 is 2.81 bits per heavy atom. The number of anilines is 1. The zero-order chi connectivity index (χ0) is 17.9. The first-order valence-electron chi connectivity index (χ1n) is 9.03. The van der Waals surface area contributed by atoms with Gasteiger partial charge in [0, 0.05) is 43.4 Å². The second-order valence-electron chi connectivity index (χ2n) is 6.46. The van der Waals surface area contributed by atoms with Crippen LogP contribution in [0.1, 0.15) is 29.7 Å². The number of ether oxygens (including phenoxy) is 1. The van der Waals surface area contributed by atoms with Gasteiger partial charge in [-0.15, -0.1) is 0 Å². The molecule has 26 heavy (non-hydrogen) atoms. The molecular formula is C20H23N5O. The third-order valence-electron chi connectivity index (χ3n) is 4.58. The molecule has 1 aliphatic heterocycles. The van der Waals surface area contributed by atoms with Crippen molar-refractivity contribution in [2.45, 2.75) is 33.4 Å². The molecule has 6 heteroatoms. The molecule has 0 aliphatic carbocycles. The normalized spacial score (nSPS) is 13.7. The Morgan fingerprint density at radius 1 is 1.15 bits per heavy atom. The highest BCUT2D eigenvalue weighted by molar-refractivity contribution is 5.45. The van der Waals surface area contributed by atoms with Gasteiger partial charge >= 0.3 is 0 Å². The van der Waals surface area contributed by atoms with Gasteiger partial charge in [0.05, 0.1) is 17.6 Å². The smallest absolute Gasteiger partial charge is 0.156 e. The summed E-state index contributed by atoms with van der Waals surface area (Å²) in [6.07, 6.45) is 2.91. The van der Waals surface area contributed by atoms with Gasteiger partial charge in [-0.05, 0) is 26.0 Å². The van der Waals surface area contributed by atoms with Crippen LogP contribution in [-0.4, -0.2) is 32.9 Å². The lowest BCUT2D eigenvalue weighted by molar-refractivity contribution is 0.128. The Morgan fingerprint density at radius 2 is 2.00 bits per heavy atom. The van der Waals surface area contributed by atoms with Gasteiger partial charge in [-0.3, -0.25) is 0 Å². The van der Waals surface area contributed by atoms with E-state index in [4.69, 9.17) is 9.72 Å². The van der Waals surface area contributed by atoms with Gasteiger partial charge in [0.1, 0.15) is 12.4 Å². The summed E-state index contributed by atoms with van der Waals surface area (Å²) in [7, 11) is 0. The molecule has 3 aromatic rings. The topological polar surface area (TPSA) is 56.1 Å². The second kappa shape index (κ2) is 7.25. The molecule has 0 fully saturated rings. The summed E-state index contributed by atoms with van der Waals surface area (Å²) >= 11 is 0. The Kier molecular flexibility index (Phi) is 4.67. The predicted molar refractivity (Wildman–Crippen MR) is 100 cm³/mol. The fraction of sp³-hybridized carbons (Fsp3) is 0.350. The van der Waals surface area contributed by atoms with Gasteiger partial charge in [-0.1, -0.05) is 18.2 Å². The molecule has 0 N–H and O–H groups in total. The average molecular weight is 349 g/mol. The Bertz CT molecular complexity index is 890. The third-order valence-corrected chi connectivity index (χ3v) is 4.58. The maximum absolute atomic E-state index is 5.47. The molecule has 4 rings (SSSR count). The minimum Gasteiger partial charge on any atom is -0.374 e. The molecule has 3 heterocycles. The van der Waals surface area contributed by atoms with Crippen molar-refractivity contribution in [1.29, 1.82) is 0 Å². The van der Waals surface area contributed by atoms with Crippen LogP contribution in [0.15, 0.2) is 42.6 Å². The number of hydrogen-bond acceptors (Lipinski definition) is 5. The van der Waals surface area contributed by atoms with E-state index in [1.807, 2.05) is 44.3 Å². The highest BCUT2D eigenvalue weighted by atomic mass is 16.5. The van der Waals surface area contributed by atoms with E-state index >= 15 is 0 Å². The maximum Gasteiger partial charge on any atom is 0.156 e. The lowest BCUT2D eigenvalue weighted by Gasteiger charge is -2.28. The second-order valence-corrected chi connectivity index (χ2v) is 6.46. The van der Waals surface area contributed by atoms with E-state index in [1.165, 1.54) is 11.3 Å². The van der Waals surface area contributed by atoms with Crippen molar-refractivity contribution in [3.8, 4) is 5.69 Å². The van der Waals surface area contributed by atoms with Crippen LogP contribution in [0.25, 0.3) is 5.69 Å². The summed E-state index contributed by atoms with van der Waals surface area (Å²) < 4.78 is 7.52. The zero-order valence-corrected chi connectivity index (χ0v) is 15.2. The summed E-state index contributed by atoms with van der Waals surface area (Å²) in [4.78, 5) is 11.5. The number of benzene rings is 1. The molecule has 1 aromatic carbocycles. The van der Waals surface area contributed by atoms with Gasteiger partial charge in [0.2, 0.25) is 0 Å². The van der Waals surface area contributed by atoms with Crippen molar-refractivity contribution in [2.75, 3.05) is 18.1 Å². The SMILES string of the molecule is CCOCc1nc(C)cc(N2CCc3c(cnn3-c3ccccc3)C2)n1. The standard InChI is InChI=1S/C20H23N5O/c1-3-26-14-19-22-15(2)11-20(23-19)24-10-9-18-16(13-24)12-21-25(18)17-7-5-4-6-8-17/h4-8,11-12H,3,9-10,13-14H2,1-2H3. The van der Waals surface area contributed by atoms with E-state index in [0.29, 0.717) is 13.2 Å². The van der Waals surface area contributed by atoms with Crippen molar-refractivity contribution in [2.24, 2.45) is 0 Å². The lowest BCUT2D eigenvalue weighted by atomic mass is 10.1. The number of para-hydroxylation sites is 1. The molecule has 2 aromatic heterocycles. The van der Waals surface area contributed by atoms with Crippen LogP contribution < -0.4 is 4.90 Å². The summed E-state index contributed by atoms with van der Waals surface area (Å²) in [5, 5.41) is 4.61. The number of rotatable bonds is 5. The predicted octanol–water partition coefficient (Wildman–Crippen LogP) is 3.07. The van der Waals surface area contributed by atoms with Gasteiger partial charge < -0.3 is 9.64 Å². The summed E-state index contributed by atoms with van der Waals surface area (Å²) in [6, 6.07) is 12.3. The van der Waals surface area contributed by atoms with Crippen LogP contribution in [0, 0.1) is 6.92 Å². The van der Waals surface area contributed by atoms with Crippen LogP contribution in [-0.2, 0) is 24.3 Å². The molecule has 0 atom stereocenters. The Balaban J connectivity index is 1.58. The molecule has 0 spiro atoms. The maximum atomic E-state index is 5.47. The molecule has 0 bridgehead atoms. The molecule has 6 nitrogen and oxygen atoms in total. The number of fused-ring (bicyclic) bond motifs is 1. The minimum absolute atomic E-state index is 0.455. The van der Waals surface area contributed by atoms with Crippen LogP contribution in [0.2, 0.25) is 0 Å². The molecule has 0 saturated carbocycles. The molecule has 0 amide bonds. The van der Waals surface area contributed by atoms with Crippen molar-refractivity contribution in [3.63, 3.8) is 0 Å².